The zero-order valence-electron chi connectivity index (χ0n) is 17.8. The van der Waals surface area contributed by atoms with Gasteiger partial charge in [-0.1, -0.05) is 29.4 Å². The third-order valence-corrected chi connectivity index (χ3v) is 5.16. The third kappa shape index (κ3) is 4.83. The topological polar surface area (TPSA) is 82.2 Å². The van der Waals surface area contributed by atoms with E-state index in [1.165, 1.54) is 11.1 Å². The first-order valence-electron chi connectivity index (χ1n) is 10.0. The number of ether oxygens (including phenoxy) is 1. The number of hydrogen-bond acceptors (Lipinski definition) is 5. The molecule has 0 spiro atoms. The van der Waals surface area contributed by atoms with Crippen LogP contribution in [-0.2, 0) is 13.2 Å². The number of nitrogens with zero attached hydrogens (tertiary/aromatic N) is 3. The van der Waals surface area contributed by atoms with Gasteiger partial charge < -0.3 is 14.6 Å². The molecular weight excluding hydrogens is 392 g/mol. The SMILES string of the molecule is Cc1ccccc1Cn1ccc(NC(=O)c2ccc(OCc3c(C)noc3C)cc2)n1. The Hall–Kier alpha value is -3.87. The second kappa shape index (κ2) is 8.87. The van der Waals surface area contributed by atoms with Crippen molar-refractivity contribution in [2.75, 3.05) is 5.32 Å². The van der Waals surface area contributed by atoms with Crippen LogP contribution in [-0.4, -0.2) is 20.8 Å². The molecule has 2 aromatic heterocycles. The molecule has 2 aromatic carbocycles. The van der Waals surface area contributed by atoms with Crippen LogP contribution < -0.4 is 10.1 Å². The number of carbonyl (C=O) groups is 1. The van der Waals surface area contributed by atoms with E-state index in [0.717, 1.165) is 17.0 Å². The molecule has 158 valence electrons. The Morgan fingerprint density at radius 1 is 1.06 bits per heavy atom. The van der Waals surface area contributed by atoms with Crippen LogP contribution in [0.2, 0.25) is 0 Å². The Balaban J connectivity index is 1.35. The van der Waals surface area contributed by atoms with Crippen molar-refractivity contribution in [1.29, 1.82) is 0 Å². The largest absolute Gasteiger partial charge is 0.489 e. The van der Waals surface area contributed by atoms with Gasteiger partial charge in [-0.2, -0.15) is 5.10 Å². The fraction of sp³-hybridized carbons (Fsp3) is 0.208. The van der Waals surface area contributed by atoms with Crippen LogP contribution in [0.4, 0.5) is 5.82 Å². The molecular formula is C24H24N4O3. The van der Waals surface area contributed by atoms with Gasteiger partial charge in [0.2, 0.25) is 0 Å². The number of amides is 1. The van der Waals surface area contributed by atoms with E-state index < -0.39 is 0 Å². The van der Waals surface area contributed by atoms with E-state index >= 15 is 0 Å². The lowest BCUT2D eigenvalue weighted by Crippen LogP contribution is -2.13. The highest BCUT2D eigenvalue weighted by Gasteiger charge is 2.11. The summed E-state index contributed by atoms with van der Waals surface area (Å²) in [5.41, 5.74) is 4.67. The molecule has 0 aliphatic rings. The van der Waals surface area contributed by atoms with Crippen molar-refractivity contribution in [3.05, 3.63) is 94.5 Å². The summed E-state index contributed by atoms with van der Waals surface area (Å²) in [5, 5.41) is 11.2. The summed E-state index contributed by atoms with van der Waals surface area (Å²) in [6.07, 6.45) is 1.85. The third-order valence-electron chi connectivity index (χ3n) is 5.16. The molecule has 0 radical (unpaired) electrons. The van der Waals surface area contributed by atoms with Crippen molar-refractivity contribution < 1.29 is 14.1 Å². The maximum absolute atomic E-state index is 12.6. The molecule has 4 aromatic rings. The van der Waals surface area contributed by atoms with Crippen LogP contribution in [0.25, 0.3) is 0 Å². The van der Waals surface area contributed by atoms with Gasteiger partial charge in [-0.15, -0.1) is 0 Å². The monoisotopic (exact) mass is 416 g/mol. The molecule has 2 heterocycles. The molecule has 7 heteroatoms. The van der Waals surface area contributed by atoms with Gasteiger partial charge in [0.25, 0.3) is 5.91 Å². The van der Waals surface area contributed by atoms with Crippen LogP contribution in [0, 0.1) is 20.8 Å². The number of anilines is 1. The zero-order valence-corrected chi connectivity index (χ0v) is 17.8. The number of nitrogens with one attached hydrogen (secondary N) is 1. The minimum absolute atomic E-state index is 0.224. The fourth-order valence-electron chi connectivity index (χ4n) is 3.23. The number of carbonyl (C=O) groups excluding carboxylic acids is 1. The van der Waals surface area contributed by atoms with Crippen LogP contribution >= 0.6 is 0 Å². The number of aromatic nitrogens is 3. The van der Waals surface area contributed by atoms with E-state index in [9.17, 15) is 4.79 Å². The van der Waals surface area contributed by atoms with Gasteiger partial charge >= 0.3 is 0 Å². The van der Waals surface area contributed by atoms with Crippen molar-refractivity contribution in [2.24, 2.45) is 0 Å². The number of benzene rings is 2. The van der Waals surface area contributed by atoms with E-state index in [-0.39, 0.29) is 5.91 Å². The maximum atomic E-state index is 12.6. The molecule has 0 unspecified atom stereocenters. The number of aryl methyl sites for hydroxylation is 3. The molecule has 0 aliphatic carbocycles. The van der Waals surface area contributed by atoms with Gasteiger partial charge in [0.1, 0.15) is 18.1 Å². The zero-order chi connectivity index (χ0) is 21.8. The molecule has 1 N–H and O–H groups in total. The van der Waals surface area contributed by atoms with Gasteiger partial charge in [0.05, 0.1) is 17.8 Å². The predicted octanol–water partition coefficient (Wildman–Crippen LogP) is 4.68. The highest BCUT2D eigenvalue weighted by atomic mass is 16.5. The van der Waals surface area contributed by atoms with Crippen LogP contribution in [0.15, 0.2) is 65.3 Å². The smallest absolute Gasteiger partial charge is 0.256 e. The second-order valence-electron chi connectivity index (χ2n) is 7.39. The Kier molecular flexibility index (Phi) is 5.84. The van der Waals surface area contributed by atoms with Gasteiger partial charge in [0.15, 0.2) is 5.82 Å². The summed E-state index contributed by atoms with van der Waals surface area (Å²) in [5.74, 6) is 1.70. The first-order valence-corrected chi connectivity index (χ1v) is 10.0. The van der Waals surface area contributed by atoms with Gasteiger partial charge in [-0.3, -0.25) is 9.48 Å². The summed E-state index contributed by atoms with van der Waals surface area (Å²) in [7, 11) is 0. The minimum atomic E-state index is -0.224. The first-order chi connectivity index (χ1) is 15.0. The highest BCUT2D eigenvalue weighted by Crippen LogP contribution is 2.18. The molecule has 0 saturated carbocycles. The normalized spacial score (nSPS) is 10.8. The highest BCUT2D eigenvalue weighted by molar-refractivity contribution is 6.03. The summed E-state index contributed by atoms with van der Waals surface area (Å²) in [6.45, 7) is 6.83. The lowest BCUT2D eigenvalue weighted by atomic mass is 10.1. The maximum Gasteiger partial charge on any atom is 0.256 e. The van der Waals surface area contributed by atoms with Crippen molar-refractivity contribution >= 4 is 11.7 Å². The fourth-order valence-corrected chi connectivity index (χ4v) is 3.23. The molecule has 0 bridgehead atoms. The van der Waals surface area contributed by atoms with Gasteiger partial charge in [-0.05, 0) is 56.2 Å². The molecule has 4 rings (SSSR count). The molecule has 0 atom stereocenters. The van der Waals surface area contributed by atoms with Gasteiger partial charge in [-0.25, -0.2) is 0 Å². The average Bonchev–Trinajstić information content (AvgIpc) is 3.34. The summed E-state index contributed by atoms with van der Waals surface area (Å²) in [6, 6.07) is 16.9. The van der Waals surface area contributed by atoms with Crippen molar-refractivity contribution in [2.45, 2.75) is 33.9 Å². The van der Waals surface area contributed by atoms with Gasteiger partial charge in [0, 0.05) is 17.8 Å². The minimum Gasteiger partial charge on any atom is -0.489 e. The van der Waals surface area contributed by atoms with Crippen LogP contribution in [0.5, 0.6) is 5.75 Å². The molecule has 1 amide bonds. The summed E-state index contributed by atoms with van der Waals surface area (Å²) >= 11 is 0. The summed E-state index contributed by atoms with van der Waals surface area (Å²) in [4.78, 5) is 12.6. The molecule has 0 saturated heterocycles. The lowest BCUT2D eigenvalue weighted by Gasteiger charge is -2.07. The van der Waals surface area contributed by atoms with Crippen LogP contribution in [0.3, 0.4) is 0 Å². The average molecular weight is 416 g/mol. The first kappa shape index (κ1) is 20.4. The Labute approximate surface area is 180 Å². The lowest BCUT2D eigenvalue weighted by molar-refractivity contribution is 0.102. The number of hydrogen-bond donors (Lipinski definition) is 1. The predicted molar refractivity (Wildman–Crippen MR) is 117 cm³/mol. The Bertz CT molecular complexity index is 1170. The Morgan fingerprint density at radius 3 is 2.55 bits per heavy atom. The van der Waals surface area contributed by atoms with Crippen LogP contribution in [0.1, 0.15) is 38.5 Å². The van der Waals surface area contributed by atoms with Crippen molar-refractivity contribution in [3.8, 4) is 5.75 Å². The molecule has 7 nitrogen and oxygen atoms in total. The van der Waals surface area contributed by atoms with Crippen molar-refractivity contribution in [1.82, 2.24) is 14.9 Å². The number of rotatable bonds is 7. The van der Waals surface area contributed by atoms with E-state index in [2.05, 4.69) is 34.6 Å². The standard InChI is InChI=1S/C24H24N4O3/c1-16-6-4-5-7-20(16)14-28-13-12-23(26-28)25-24(29)19-8-10-21(11-9-19)30-15-22-17(2)27-31-18(22)3/h4-13H,14-15H2,1-3H3,(H,25,26,29). The molecule has 0 aliphatic heterocycles. The molecule has 31 heavy (non-hydrogen) atoms. The quantitative estimate of drug-likeness (QED) is 0.473. The van der Waals surface area contributed by atoms with E-state index in [1.54, 1.807) is 30.3 Å². The second-order valence-corrected chi connectivity index (χ2v) is 7.39. The molecule has 0 fully saturated rings. The van der Waals surface area contributed by atoms with E-state index in [4.69, 9.17) is 9.26 Å². The van der Waals surface area contributed by atoms with Crippen molar-refractivity contribution in [3.63, 3.8) is 0 Å². The summed E-state index contributed by atoms with van der Waals surface area (Å²) < 4.78 is 12.7. The van der Waals surface area contributed by atoms with E-state index in [1.807, 2.05) is 36.9 Å². The Morgan fingerprint density at radius 2 is 1.84 bits per heavy atom. The van der Waals surface area contributed by atoms with E-state index in [0.29, 0.717) is 30.3 Å².